The topological polar surface area (TPSA) is 103 Å². The fourth-order valence-electron chi connectivity index (χ4n) is 3.29. The first-order valence-corrected chi connectivity index (χ1v) is 9.91. The minimum atomic E-state index is -3.04. The summed E-state index contributed by atoms with van der Waals surface area (Å²) in [6.45, 7) is 1.42. The highest BCUT2D eigenvalue weighted by atomic mass is 32.2. The maximum atomic E-state index is 12.2. The summed E-state index contributed by atoms with van der Waals surface area (Å²) in [5.74, 6) is 0.211. The van der Waals surface area contributed by atoms with Gasteiger partial charge in [-0.3, -0.25) is 4.79 Å². The Morgan fingerprint density at radius 2 is 2.08 bits per heavy atom. The number of amides is 1. The molecule has 0 saturated carbocycles. The predicted molar refractivity (Wildman–Crippen MR) is 89.1 cm³/mol. The van der Waals surface area contributed by atoms with E-state index in [4.69, 9.17) is 5.26 Å². The lowest BCUT2D eigenvalue weighted by Crippen LogP contribution is -2.46. The number of nitrogens with zero attached hydrogens (tertiary/aromatic N) is 3. The number of piperidine rings is 1. The van der Waals surface area contributed by atoms with Gasteiger partial charge in [0.25, 0.3) is 0 Å². The van der Waals surface area contributed by atoms with E-state index >= 15 is 0 Å². The van der Waals surface area contributed by atoms with Gasteiger partial charge in [0.2, 0.25) is 5.91 Å². The predicted octanol–water partition coefficient (Wildman–Crippen LogP) is 0.473. The van der Waals surface area contributed by atoms with Crippen LogP contribution in [-0.4, -0.2) is 49.9 Å². The minimum Gasteiger partial charge on any atom is -0.355 e. The van der Waals surface area contributed by atoms with Crippen molar-refractivity contribution in [2.45, 2.75) is 25.3 Å². The molecule has 1 amide bonds. The zero-order chi connectivity index (χ0) is 17.2. The Hall–Kier alpha value is -2.14. The van der Waals surface area contributed by atoms with Crippen LogP contribution < -0.4 is 10.2 Å². The van der Waals surface area contributed by atoms with Gasteiger partial charge in [-0.1, -0.05) is 0 Å². The third kappa shape index (κ3) is 3.67. The second kappa shape index (κ2) is 6.77. The molecule has 0 spiro atoms. The molecule has 8 heteroatoms. The summed E-state index contributed by atoms with van der Waals surface area (Å²) < 4.78 is 23.0. The van der Waals surface area contributed by atoms with Gasteiger partial charge in [0.1, 0.15) is 11.9 Å². The van der Waals surface area contributed by atoms with Gasteiger partial charge in [0, 0.05) is 25.3 Å². The molecule has 2 aliphatic heterocycles. The Kier molecular flexibility index (Phi) is 4.71. The first-order chi connectivity index (χ1) is 11.5. The van der Waals surface area contributed by atoms with E-state index < -0.39 is 15.8 Å². The van der Waals surface area contributed by atoms with Crippen LogP contribution in [0.1, 0.15) is 24.8 Å². The van der Waals surface area contributed by atoms with Crippen molar-refractivity contribution in [1.82, 2.24) is 10.3 Å². The summed E-state index contributed by atoms with van der Waals surface area (Å²) in [5.41, 5.74) is 0.552. The fraction of sp³-hybridized carbons (Fsp3) is 0.562. The van der Waals surface area contributed by atoms with E-state index in [1.165, 1.54) is 0 Å². The molecule has 1 N–H and O–H groups in total. The molecule has 0 radical (unpaired) electrons. The van der Waals surface area contributed by atoms with Crippen molar-refractivity contribution in [3.63, 3.8) is 0 Å². The molecule has 0 bridgehead atoms. The van der Waals surface area contributed by atoms with Gasteiger partial charge in [0.05, 0.1) is 23.0 Å². The van der Waals surface area contributed by atoms with Crippen LogP contribution in [0.4, 0.5) is 5.82 Å². The third-order valence-corrected chi connectivity index (χ3v) is 6.42. The van der Waals surface area contributed by atoms with Crippen molar-refractivity contribution in [2.24, 2.45) is 5.92 Å². The molecule has 24 heavy (non-hydrogen) atoms. The molecule has 3 rings (SSSR count). The van der Waals surface area contributed by atoms with E-state index in [0.29, 0.717) is 30.9 Å². The van der Waals surface area contributed by atoms with E-state index in [-0.39, 0.29) is 23.5 Å². The number of hydrogen-bond donors (Lipinski definition) is 1. The Morgan fingerprint density at radius 1 is 1.33 bits per heavy atom. The second-order valence-electron chi connectivity index (χ2n) is 6.36. The molecule has 2 fully saturated rings. The lowest BCUT2D eigenvalue weighted by Gasteiger charge is -2.33. The zero-order valence-electron chi connectivity index (χ0n) is 13.3. The summed E-state index contributed by atoms with van der Waals surface area (Å²) in [7, 11) is -3.04. The number of carbonyl (C=O) groups excluding carboxylic acids is 1. The van der Waals surface area contributed by atoms with Crippen molar-refractivity contribution in [1.29, 1.82) is 5.26 Å². The van der Waals surface area contributed by atoms with Gasteiger partial charge in [-0.2, -0.15) is 5.26 Å². The van der Waals surface area contributed by atoms with Crippen LogP contribution in [0.5, 0.6) is 0 Å². The van der Waals surface area contributed by atoms with Gasteiger partial charge >= 0.3 is 0 Å². The van der Waals surface area contributed by atoms with E-state index in [2.05, 4.69) is 21.3 Å². The molecule has 1 atom stereocenters. The minimum absolute atomic E-state index is 0.0306. The molecule has 0 unspecified atom stereocenters. The Labute approximate surface area is 141 Å². The summed E-state index contributed by atoms with van der Waals surface area (Å²) in [6, 6.07) is 5.69. The van der Waals surface area contributed by atoms with Crippen LogP contribution in [0.15, 0.2) is 18.3 Å². The van der Waals surface area contributed by atoms with Gasteiger partial charge in [-0.15, -0.1) is 0 Å². The van der Waals surface area contributed by atoms with E-state index in [1.807, 2.05) is 0 Å². The summed E-state index contributed by atoms with van der Waals surface area (Å²) >= 11 is 0. The van der Waals surface area contributed by atoms with E-state index in [9.17, 15) is 13.2 Å². The lowest BCUT2D eigenvalue weighted by molar-refractivity contribution is -0.125. The van der Waals surface area contributed by atoms with Crippen LogP contribution in [0.3, 0.4) is 0 Å². The molecular formula is C16H20N4O3S. The number of rotatable bonds is 3. The van der Waals surface area contributed by atoms with Crippen molar-refractivity contribution < 1.29 is 13.2 Å². The summed E-state index contributed by atoms with van der Waals surface area (Å²) in [6.07, 6.45) is 3.61. The fourth-order valence-corrected chi connectivity index (χ4v) is 5.03. The zero-order valence-corrected chi connectivity index (χ0v) is 14.1. The van der Waals surface area contributed by atoms with E-state index in [1.54, 1.807) is 18.3 Å². The Morgan fingerprint density at radius 3 is 2.71 bits per heavy atom. The van der Waals surface area contributed by atoms with Crippen molar-refractivity contribution in [3.05, 3.63) is 23.9 Å². The molecule has 1 aromatic rings. The van der Waals surface area contributed by atoms with Crippen molar-refractivity contribution in [3.8, 4) is 6.07 Å². The molecular weight excluding hydrogens is 328 g/mol. The number of hydrogen-bond acceptors (Lipinski definition) is 6. The number of pyridine rings is 1. The SMILES string of the molecule is N#Cc1cccnc1N1CCC(NC(=O)[C@@H]2CCS(=O)(=O)C2)CC1. The number of carbonyl (C=O) groups is 1. The van der Waals surface area contributed by atoms with Gasteiger partial charge in [-0.05, 0) is 31.4 Å². The van der Waals surface area contributed by atoms with Crippen LogP contribution in [0, 0.1) is 17.2 Å². The highest BCUT2D eigenvalue weighted by Gasteiger charge is 2.34. The Balaban J connectivity index is 1.54. The average Bonchev–Trinajstić information content (AvgIpc) is 2.96. The number of nitrogens with one attached hydrogen (secondary N) is 1. The van der Waals surface area contributed by atoms with Gasteiger partial charge in [0.15, 0.2) is 9.84 Å². The number of sulfone groups is 1. The maximum absolute atomic E-state index is 12.2. The quantitative estimate of drug-likeness (QED) is 0.852. The van der Waals surface area contributed by atoms with Crippen LogP contribution in [0.2, 0.25) is 0 Å². The second-order valence-corrected chi connectivity index (χ2v) is 8.58. The molecule has 7 nitrogen and oxygen atoms in total. The number of aromatic nitrogens is 1. The van der Waals surface area contributed by atoms with Gasteiger partial charge < -0.3 is 10.2 Å². The highest BCUT2D eigenvalue weighted by molar-refractivity contribution is 7.91. The standard InChI is InChI=1S/C16H20N4O3S/c17-10-12-2-1-6-18-15(12)20-7-3-14(4-8-20)19-16(21)13-5-9-24(22,23)11-13/h1-2,6,13-14H,3-5,7-9,11H2,(H,19,21)/t13-/m1/s1. The normalized spacial score (nSPS) is 23.6. The molecule has 2 saturated heterocycles. The lowest BCUT2D eigenvalue weighted by atomic mass is 10.0. The summed E-state index contributed by atoms with van der Waals surface area (Å²) in [5, 5.41) is 12.1. The van der Waals surface area contributed by atoms with Crippen molar-refractivity contribution >= 4 is 21.6 Å². The smallest absolute Gasteiger partial charge is 0.224 e. The van der Waals surface area contributed by atoms with E-state index in [0.717, 1.165) is 12.8 Å². The van der Waals surface area contributed by atoms with Gasteiger partial charge in [-0.25, -0.2) is 13.4 Å². The Bertz CT molecular complexity index is 764. The molecule has 3 heterocycles. The number of anilines is 1. The molecule has 0 aromatic carbocycles. The average molecular weight is 348 g/mol. The van der Waals surface area contributed by atoms with Crippen LogP contribution in [-0.2, 0) is 14.6 Å². The maximum Gasteiger partial charge on any atom is 0.224 e. The van der Waals surface area contributed by atoms with Crippen molar-refractivity contribution in [2.75, 3.05) is 29.5 Å². The molecule has 0 aliphatic carbocycles. The van der Waals surface area contributed by atoms with Crippen LogP contribution >= 0.6 is 0 Å². The number of nitriles is 1. The summed E-state index contributed by atoms with van der Waals surface area (Å²) in [4.78, 5) is 18.6. The molecule has 2 aliphatic rings. The monoisotopic (exact) mass is 348 g/mol. The first kappa shape index (κ1) is 16.7. The first-order valence-electron chi connectivity index (χ1n) is 8.09. The third-order valence-electron chi connectivity index (χ3n) is 4.65. The highest BCUT2D eigenvalue weighted by Crippen LogP contribution is 2.23. The largest absolute Gasteiger partial charge is 0.355 e. The van der Waals surface area contributed by atoms with Crippen LogP contribution in [0.25, 0.3) is 0 Å². The molecule has 128 valence electrons. The molecule has 1 aromatic heterocycles.